The number of amides is 1. The molecule has 0 aliphatic heterocycles. The van der Waals surface area contributed by atoms with Gasteiger partial charge in [0.1, 0.15) is 5.82 Å². The molecule has 106 valence electrons. The Bertz CT molecular complexity index is 712. The van der Waals surface area contributed by atoms with E-state index in [1.165, 1.54) is 18.2 Å². The number of nitrogens with two attached hydrogens (primary N) is 1. The predicted molar refractivity (Wildman–Crippen MR) is 81.5 cm³/mol. The largest absolute Gasteiger partial charge is 0.322 e. The van der Waals surface area contributed by atoms with Gasteiger partial charge in [-0.15, -0.1) is 0 Å². The second-order valence-corrected chi connectivity index (χ2v) is 4.52. The number of hydrogen-bond donors (Lipinski definition) is 2. The van der Waals surface area contributed by atoms with Gasteiger partial charge in [0.15, 0.2) is 0 Å². The van der Waals surface area contributed by atoms with E-state index in [1.807, 2.05) is 19.1 Å². The summed E-state index contributed by atoms with van der Waals surface area (Å²) in [7, 11) is 0. The van der Waals surface area contributed by atoms with Crippen molar-refractivity contribution in [1.29, 1.82) is 0 Å². The van der Waals surface area contributed by atoms with E-state index < -0.39 is 11.7 Å². The molecule has 0 atom stereocenters. The minimum absolute atomic E-state index is 0.0422. The van der Waals surface area contributed by atoms with Gasteiger partial charge >= 0.3 is 0 Å². The van der Waals surface area contributed by atoms with Crippen LogP contribution in [0.25, 0.3) is 0 Å². The van der Waals surface area contributed by atoms with Crippen LogP contribution in [0.5, 0.6) is 0 Å². The molecule has 0 aromatic heterocycles. The molecule has 2 aromatic carbocycles. The van der Waals surface area contributed by atoms with Gasteiger partial charge in [-0.2, -0.15) is 0 Å². The fourth-order valence-corrected chi connectivity index (χ4v) is 1.77. The van der Waals surface area contributed by atoms with Crippen molar-refractivity contribution in [3.8, 4) is 11.8 Å². The molecule has 2 aromatic rings. The van der Waals surface area contributed by atoms with Crippen LogP contribution < -0.4 is 11.1 Å². The van der Waals surface area contributed by atoms with E-state index in [4.69, 9.17) is 5.73 Å². The molecule has 0 bridgehead atoms. The van der Waals surface area contributed by atoms with Crippen molar-refractivity contribution in [3.63, 3.8) is 0 Å². The maximum Gasteiger partial charge on any atom is 0.258 e. The third-order valence-corrected chi connectivity index (χ3v) is 2.86. The number of carbonyl (C=O) groups is 1. The first-order valence-electron chi connectivity index (χ1n) is 6.46. The highest BCUT2D eigenvalue weighted by molar-refractivity contribution is 6.04. The molecule has 21 heavy (non-hydrogen) atoms. The normalized spacial score (nSPS) is 9.67. The highest BCUT2D eigenvalue weighted by atomic mass is 19.1. The Hall–Kier alpha value is -2.64. The van der Waals surface area contributed by atoms with Crippen LogP contribution in [0, 0.1) is 24.6 Å². The van der Waals surface area contributed by atoms with Gasteiger partial charge in [0.05, 0.1) is 12.1 Å². The Morgan fingerprint density at radius 1 is 1.24 bits per heavy atom. The molecule has 0 saturated heterocycles. The lowest BCUT2D eigenvalue weighted by molar-refractivity contribution is 0.102. The van der Waals surface area contributed by atoms with Crippen LogP contribution >= 0.6 is 0 Å². The number of rotatable bonds is 2. The number of nitrogens with one attached hydrogen (secondary N) is 1. The molecule has 0 unspecified atom stereocenters. The Morgan fingerprint density at radius 3 is 2.62 bits per heavy atom. The number of benzene rings is 2. The van der Waals surface area contributed by atoms with Crippen molar-refractivity contribution >= 4 is 11.6 Å². The quantitative estimate of drug-likeness (QED) is 0.832. The standard InChI is InChI=1S/C17H15FN2O/c1-12-4-7-14(8-5-12)20-17(21)15-11-13(3-2-10-19)6-9-16(15)18/h4-9,11H,10,19H2,1H3,(H,20,21). The molecule has 0 spiro atoms. The average molecular weight is 282 g/mol. The Labute approximate surface area is 123 Å². The third kappa shape index (κ3) is 3.91. The molecule has 0 fully saturated rings. The summed E-state index contributed by atoms with van der Waals surface area (Å²) in [5, 5.41) is 2.66. The molecule has 0 saturated carbocycles. The SMILES string of the molecule is Cc1ccc(NC(=O)c2cc(C#CCN)ccc2F)cc1. The van der Waals surface area contributed by atoms with Crippen molar-refractivity contribution in [2.45, 2.75) is 6.92 Å². The van der Waals surface area contributed by atoms with E-state index in [2.05, 4.69) is 17.2 Å². The van der Waals surface area contributed by atoms with Crippen molar-refractivity contribution in [2.24, 2.45) is 5.73 Å². The first-order chi connectivity index (χ1) is 10.1. The van der Waals surface area contributed by atoms with Crippen molar-refractivity contribution in [1.82, 2.24) is 0 Å². The van der Waals surface area contributed by atoms with E-state index in [1.54, 1.807) is 12.1 Å². The molecular weight excluding hydrogens is 267 g/mol. The van der Waals surface area contributed by atoms with Gasteiger partial charge in [0.25, 0.3) is 5.91 Å². The third-order valence-electron chi connectivity index (χ3n) is 2.86. The maximum atomic E-state index is 13.8. The number of halogens is 1. The molecule has 3 nitrogen and oxygen atoms in total. The number of aryl methyl sites for hydroxylation is 1. The highest BCUT2D eigenvalue weighted by Crippen LogP contribution is 2.14. The summed E-state index contributed by atoms with van der Waals surface area (Å²) in [4.78, 5) is 12.1. The van der Waals surface area contributed by atoms with Crippen LogP contribution in [-0.4, -0.2) is 12.5 Å². The number of carbonyl (C=O) groups excluding carboxylic acids is 1. The van der Waals surface area contributed by atoms with E-state index in [0.29, 0.717) is 11.3 Å². The van der Waals surface area contributed by atoms with Gasteiger partial charge in [-0.1, -0.05) is 29.5 Å². The second kappa shape index (κ2) is 6.69. The Kier molecular flexibility index (Phi) is 4.70. The maximum absolute atomic E-state index is 13.8. The molecule has 3 N–H and O–H groups in total. The summed E-state index contributed by atoms with van der Waals surface area (Å²) < 4.78 is 13.8. The topological polar surface area (TPSA) is 55.1 Å². The molecule has 4 heteroatoms. The van der Waals surface area contributed by atoms with Gasteiger partial charge in [0.2, 0.25) is 0 Å². The van der Waals surface area contributed by atoms with E-state index in [9.17, 15) is 9.18 Å². The van der Waals surface area contributed by atoms with Gasteiger partial charge in [0, 0.05) is 11.3 Å². The minimum Gasteiger partial charge on any atom is -0.322 e. The van der Waals surface area contributed by atoms with Crippen molar-refractivity contribution in [3.05, 3.63) is 65.0 Å². The fraction of sp³-hybridized carbons (Fsp3) is 0.118. The zero-order chi connectivity index (χ0) is 15.2. The zero-order valence-electron chi connectivity index (χ0n) is 11.6. The second-order valence-electron chi connectivity index (χ2n) is 4.52. The fourth-order valence-electron chi connectivity index (χ4n) is 1.77. The van der Waals surface area contributed by atoms with Crippen LogP contribution in [0.15, 0.2) is 42.5 Å². The number of anilines is 1. The van der Waals surface area contributed by atoms with E-state index in [0.717, 1.165) is 5.56 Å². The van der Waals surface area contributed by atoms with Gasteiger partial charge in [-0.05, 0) is 37.3 Å². The smallest absolute Gasteiger partial charge is 0.258 e. The van der Waals surface area contributed by atoms with Crippen LogP contribution in [0.1, 0.15) is 21.5 Å². The van der Waals surface area contributed by atoms with Gasteiger partial charge < -0.3 is 11.1 Å². The Balaban J connectivity index is 2.23. The molecular formula is C17H15FN2O. The average Bonchev–Trinajstić information content (AvgIpc) is 2.48. The number of hydrogen-bond acceptors (Lipinski definition) is 2. The molecule has 0 aliphatic rings. The molecule has 0 radical (unpaired) electrons. The molecule has 0 heterocycles. The summed E-state index contributed by atoms with van der Waals surface area (Å²) >= 11 is 0. The first kappa shape index (κ1) is 14.8. The van der Waals surface area contributed by atoms with Crippen LogP contribution in [0.3, 0.4) is 0 Å². The monoisotopic (exact) mass is 282 g/mol. The van der Waals surface area contributed by atoms with Gasteiger partial charge in [-0.25, -0.2) is 4.39 Å². The summed E-state index contributed by atoms with van der Waals surface area (Å²) in [5.41, 5.74) is 7.50. The molecule has 1 amide bonds. The van der Waals surface area contributed by atoms with Gasteiger partial charge in [-0.3, -0.25) is 4.79 Å². The zero-order valence-corrected chi connectivity index (χ0v) is 11.6. The van der Waals surface area contributed by atoms with Crippen molar-refractivity contribution < 1.29 is 9.18 Å². The summed E-state index contributed by atoms with van der Waals surface area (Å²) in [6.45, 7) is 2.16. The summed E-state index contributed by atoms with van der Waals surface area (Å²) in [5.74, 6) is 4.35. The predicted octanol–water partition coefficient (Wildman–Crippen LogP) is 2.70. The summed E-state index contributed by atoms with van der Waals surface area (Å²) in [6, 6.07) is 11.4. The molecule has 2 rings (SSSR count). The van der Waals surface area contributed by atoms with E-state index >= 15 is 0 Å². The lowest BCUT2D eigenvalue weighted by Crippen LogP contribution is -2.14. The molecule has 0 aliphatic carbocycles. The van der Waals surface area contributed by atoms with Crippen LogP contribution in [0.4, 0.5) is 10.1 Å². The lowest BCUT2D eigenvalue weighted by Gasteiger charge is -2.07. The minimum atomic E-state index is -0.585. The first-order valence-corrected chi connectivity index (χ1v) is 6.46. The van der Waals surface area contributed by atoms with Crippen molar-refractivity contribution in [2.75, 3.05) is 11.9 Å². The summed E-state index contributed by atoms with van der Waals surface area (Å²) in [6.07, 6.45) is 0. The van der Waals surface area contributed by atoms with E-state index in [-0.39, 0.29) is 12.1 Å². The highest BCUT2D eigenvalue weighted by Gasteiger charge is 2.12. The lowest BCUT2D eigenvalue weighted by atomic mass is 10.1. The van der Waals surface area contributed by atoms with Crippen LogP contribution in [-0.2, 0) is 0 Å². The van der Waals surface area contributed by atoms with Crippen LogP contribution in [0.2, 0.25) is 0 Å². The Morgan fingerprint density at radius 2 is 1.95 bits per heavy atom.